The third kappa shape index (κ3) is 11.2. The Balaban J connectivity index is 0. The highest BCUT2D eigenvalue weighted by atomic mass is 79.9. The Morgan fingerprint density at radius 3 is 2.11 bits per heavy atom. The summed E-state index contributed by atoms with van der Waals surface area (Å²) in [5, 5.41) is 2.23. The minimum Gasteiger partial charge on any atom is -0.368 e. The summed E-state index contributed by atoms with van der Waals surface area (Å²) < 4.78 is 0. The summed E-state index contributed by atoms with van der Waals surface area (Å²) >= 11 is 0. The molecule has 3 N–H and O–H groups in total. The molecular weight excluding hydrogens is 188 g/mol. The Morgan fingerprint density at radius 1 is 1.56 bits per heavy atom. The van der Waals surface area contributed by atoms with Gasteiger partial charge >= 0.3 is 0 Å². The highest BCUT2D eigenvalue weighted by molar-refractivity contribution is 8.93. The second kappa shape index (κ2) is 5.55. The van der Waals surface area contributed by atoms with Gasteiger partial charge in [0.15, 0.2) is 0 Å². The van der Waals surface area contributed by atoms with Gasteiger partial charge in [0, 0.05) is 6.92 Å². The van der Waals surface area contributed by atoms with Crippen LogP contribution in [0.15, 0.2) is 0 Å². The van der Waals surface area contributed by atoms with Crippen molar-refractivity contribution in [1.82, 2.24) is 5.32 Å². The average Bonchev–Trinajstić information content (AvgIpc) is 1.61. The van der Waals surface area contributed by atoms with Crippen LogP contribution in [0.5, 0.6) is 0 Å². The molecule has 0 aromatic carbocycles. The Labute approximate surface area is 63.6 Å². The van der Waals surface area contributed by atoms with E-state index >= 15 is 0 Å². The molecule has 0 rings (SSSR count). The summed E-state index contributed by atoms with van der Waals surface area (Å²) in [5.74, 6) is -0.774. The molecule has 0 atom stereocenters. The van der Waals surface area contributed by atoms with Gasteiger partial charge in [-0.3, -0.25) is 9.59 Å². The molecule has 0 fully saturated rings. The second-order valence-electron chi connectivity index (χ2n) is 1.38. The van der Waals surface area contributed by atoms with E-state index in [0.29, 0.717) is 0 Å². The van der Waals surface area contributed by atoms with Crippen LogP contribution in [-0.4, -0.2) is 18.4 Å². The van der Waals surface area contributed by atoms with Gasteiger partial charge in [-0.05, 0) is 0 Å². The van der Waals surface area contributed by atoms with Crippen LogP contribution >= 0.6 is 17.0 Å². The zero-order chi connectivity index (χ0) is 6.57. The Hall–Kier alpha value is -0.580. The largest absolute Gasteiger partial charge is 0.368 e. The highest BCUT2D eigenvalue weighted by Gasteiger charge is 1.92. The van der Waals surface area contributed by atoms with E-state index in [0.717, 1.165) is 0 Å². The summed E-state index contributed by atoms with van der Waals surface area (Å²) in [7, 11) is 0. The maximum atomic E-state index is 10.0. The van der Waals surface area contributed by atoms with E-state index in [1.54, 1.807) is 0 Å². The number of carbonyl (C=O) groups excluding carboxylic acids is 2. The lowest BCUT2D eigenvalue weighted by Gasteiger charge is -1.93. The molecule has 0 saturated heterocycles. The van der Waals surface area contributed by atoms with Crippen molar-refractivity contribution in [3.63, 3.8) is 0 Å². The van der Waals surface area contributed by atoms with Crippen molar-refractivity contribution in [2.75, 3.05) is 6.54 Å². The molecule has 0 aliphatic rings. The molecule has 0 heterocycles. The second-order valence-corrected chi connectivity index (χ2v) is 1.38. The predicted octanol–water partition coefficient (Wildman–Crippen LogP) is -0.814. The zero-order valence-corrected chi connectivity index (χ0v) is 6.72. The van der Waals surface area contributed by atoms with Crippen LogP contribution in [0.2, 0.25) is 0 Å². The number of hydrogen-bond donors (Lipinski definition) is 2. The molecule has 4 nitrogen and oxygen atoms in total. The number of rotatable bonds is 2. The molecule has 0 spiro atoms. The smallest absolute Gasteiger partial charge is 0.236 e. The van der Waals surface area contributed by atoms with Gasteiger partial charge in [0.2, 0.25) is 11.8 Å². The van der Waals surface area contributed by atoms with Crippen molar-refractivity contribution in [3.8, 4) is 0 Å². The number of nitrogens with two attached hydrogens (primary N) is 1. The van der Waals surface area contributed by atoms with E-state index in [4.69, 9.17) is 0 Å². The third-order valence-electron chi connectivity index (χ3n) is 0.512. The number of nitrogens with one attached hydrogen (secondary N) is 1. The monoisotopic (exact) mass is 196 g/mol. The quantitative estimate of drug-likeness (QED) is 0.607. The number of primary amides is 1. The van der Waals surface area contributed by atoms with Crippen molar-refractivity contribution in [1.29, 1.82) is 0 Å². The Kier molecular flexibility index (Phi) is 6.94. The molecule has 0 bridgehead atoms. The Morgan fingerprint density at radius 2 is 2.00 bits per heavy atom. The molecule has 0 aromatic heterocycles. The van der Waals surface area contributed by atoms with E-state index in [1.165, 1.54) is 6.92 Å². The van der Waals surface area contributed by atoms with Gasteiger partial charge in [-0.2, -0.15) is 0 Å². The van der Waals surface area contributed by atoms with Crippen LogP contribution in [0, 0.1) is 0 Å². The average molecular weight is 197 g/mol. The SMILES string of the molecule is Br.CC(=O)NCC(N)=O. The molecule has 0 aliphatic carbocycles. The molecule has 5 heteroatoms. The maximum absolute atomic E-state index is 10.0. The van der Waals surface area contributed by atoms with E-state index in [9.17, 15) is 9.59 Å². The lowest BCUT2D eigenvalue weighted by molar-refractivity contribution is -0.123. The van der Waals surface area contributed by atoms with Crippen LogP contribution in [0.4, 0.5) is 0 Å². The lowest BCUT2D eigenvalue weighted by Crippen LogP contribution is -2.31. The summed E-state index contributed by atoms with van der Waals surface area (Å²) in [6, 6.07) is 0. The molecule has 54 valence electrons. The first-order valence-corrected chi connectivity index (χ1v) is 2.15. The fraction of sp³-hybridized carbons (Fsp3) is 0.500. The first-order valence-electron chi connectivity index (χ1n) is 2.15. The molecular formula is C4H9BrN2O2. The van der Waals surface area contributed by atoms with Gasteiger partial charge in [0.05, 0.1) is 6.54 Å². The fourth-order valence-corrected chi connectivity index (χ4v) is 0.212. The fourth-order valence-electron chi connectivity index (χ4n) is 0.212. The van der Waals surface area contributed by atoms with Crippen LogP contribution < -0.4 is 11.1 Å². The third-order valence-corrected chi connectivity index (χ3v) is 0.512. The molecule has 0 unspecified atom stereocenters. The van der Waals surface area contributed by atoms with Crippen molar-refractivity contribution < 1.29 is 9.59 Å². The predicted molar refractivity (Wildman–Crippen MR) is 38.2 cm³/mol. The number of hydrogen-bond acceptors (Lipinski definition) is 2. The maximum Gasteiger partial charge on any atom is 0.236 e. The van der Waals surface area contributed by atoms with E-state index in [1.807, 2.05) is 0 Å². The lowest BCUT2D eigenvalue weighted by atomic mass is 10.6. The summed E-state index contributed by atoms with van der Waals surface area (Å²) in [6.07, 6.45) is 0. The standard InChI is InChI=1S/C4H8N2O2.BrH/c1-3(7)6-2-4(5)8;/h2H2,1H3,(H2,5,8)(H,6,7);1H. The summed E-state index contributed by atoms with van der Waals surface area (Å²) in [5.41, 5.74) is 4.69. The van der Waals surface area contributed by atoms with Crippen molar-refractivity contribution in [2.45, 2.75) is 6.92 Å². The minimum absolute atomic E-state index is 0. The molecule has 0 saturated carbocycles. The van der Waals surface area contributed by atoms with Crippen LogP contribution in [-0.2, 0) is 9.59 Å². The molecule has 0 radical (unpaired) electrons. The highest BCUT2D eigenvalue weighted by Crippen LogP contribution is 1.57. The summed E-state index contributed by atoms with van der Waals surface area (Å²) in [6.45, 7) is 1.25. The van der Waals surface area contributed by atoms with E-state index in [-0.39, 0.29) is 29.4 Å². The van der Waals surface area contributed by atoms with Crippen LogP contribution in [0.3, 0.4) is 0 Å². The van der Waals surface area contributed by atoms with Crippen molar-refractivity contribution in [3.05, 3.63) is 0 Å². The van der Waals surface area contributed by atoms with Crippen molar-refractivity contribution >= 4 is 28.8 Å². The number of halogens is 1. The molecule has 2 amide bonds. The first-order chi connectivity index (χ1) is 3.63. The van der Waals surface area contributed by atoms with Gasteiger partial charge in [-0.25, -0.2) is 0 Å². The van der Waals surface area contributed by atoms with Crippen LogP contribution in [0.25, 0.3) is 0 Å². The molecule has 9 heavy (non-hydrogen) atoms. The Bertz CT molecular complexity index is 101. The number of amides is 2. The van der Waals surface area contributed by atoms with Gasteiger partial charge < -0.3 is 11.1 Å². The van der Waals surface area contributed by atoms with E-state index < -0.39 is 5.91 Å². The van der Waals surface area contributed by atoms with Gasteiger partial charge in [0.25, 0.3) is 0 Å². The van der Waals surface area contributed by atoms with Gasteiger partial charge in [0.1, 0.15) is 0 Å². The topological polar surface area (TPSA) is 72.2 Å². The van der Waals surface area contributed by atoms with Gasteiger partial charge in [-0.15, -0.1) is 17.0 Å². The summed E-state index contributed by atoms with van der Waals surface area (Å²) in [4.78, 5) is 19.9. The van der Waals surface area contributed by atoms with Crippen molar-refractivity contribution in [2.24, 2.45) is 5.73 Å². The number of carbonyl (C=O) groups is 2. The molecule has 0 aliphatic heterocycles. The zero-order valence-electron chi connectivity index (χ0n) is 5.01. The van der Waals surface area contributed by atoms with Crippen LogP contribution in [0.1, 0.15) is 6.92 Å². The first kappa shape index (κ1) is 11.2. The minimum atomic E-state index is -0.528. The van der Waals surface area contributed by atoms with Gasteiger partial charge in [-0.1, -0.05) is 0 Å². The molecule has 0 aromatic rings. The van der Waals surface area contributed by atoms with E-state index in [2.05, 4.69) is 11.1 Å². The normalized spacial score (nSPS) is 7.22.